The molecule has 3 aromatic rings. The molecule has 3 rings (SSSR count). The molecule has 2 aromatic heterocycles. The summed E-state index contributed by atoms with van der Waals surface area (Å²) in [5.41, 5.74) is 1.73. The fourth-order valence-corrected chi connectivity index (χ4v) is 2.28. The molecule has 0 aliphatic carbocycles. The van der Waals surface area contributed by atoms with Crippen LogP contribution in [0.25, 0.3) is 21.8 Å². The van der Waals surface area contributed by atoms with Crippen molar-refractivity contribution in [3.63, 3.8) is 0 Å². The average Bonchev–Trinajstić information content (AvgIpc) is 2.33. The third-order valence-electron chi connectivity index (χ3n) is 3.04. The van der Waals surface area contributed by atoms with E-state index in [4.69, 9.17) is 4.74 Å². The molecule has 0 saturated carbocycles. The van der Waals surface area contributed by atoms with Gasteiger partial charge in [0, 0.05) is 30.3 Å². The van der Waals surface area contributed by atoms with Gasteiger partial charge in [-0.15, -0.1) is 12.4 Å². The van der Waals surface area contributed by atoms with Crippen molar-refractivity contribution in [3.05, 3.63) is 40.8 Å². The van der Waals surface area contributed by atoms with E-state index in [1.807, 2.05) is 36.1 Å². The standard InChI is InChI=1S/C13H12N2O2.ClH/c1-15-6-4-9-11-8(3-5-14-9)7-10(16)13(17-2)12(11)15;/h3-7,14H,1-2H3;1H. The monoisotopic (exact) mass is 264 g/mol. The van der Waals surface area contributed by atoms with Crippen molar-refractivity contribution < 1.29 is 4.74 Å². The van der Waals surface area contributed by atoms with Gasteiger partial charge in [0.15, 0.2) is 5.75 Å². The van der Waals surface area contributed by atoms with Crippen LogP contribution in [0.15, 0.2) is 35.4 Å². The summed E-state index contributed by atoms with van der Waals surface area (Å²) in [6.07, 6.45) is 3.75. The Kier molecular flexibility index (Phi) is 3.05. The Hall–Kier alpha value is -1.94. The zero-order chi connectivity index (χ0) is 12.0. The Bertz CT molecular complexity index is 774. The first-order chi connectivity index (χ1) is 8.22. The van der Waals surface area contributed by atoms with E-state index < -0.39 is 0 Å². The number of halogens is 1. The maximum absolute atomic E-state index is 11.9. The van der Waals surface area contributed by atoms with Gasteiger partial charge in [-0.3, -0.25) is 4.79 Å². The highest BCUT2D eigenvalue weighted by Gasteiger charge is 2.12. The summed E-state index contributed by atoms with van der Waals surface area (Å²) in [4.78, 5) is 15.1. The molecule has 0 radical (unpaired) electrons. The maximum Gasteiger partial charge on any atom is 0.223 e. The first-order valence-electron chi connectivity index (χ1n) is 5.36. The quantitative estimate of drug-likeness (QED) is 0.734. The number of hydrogen-bond donors (Lipinski definition) is 1. The second-order valence-corrected chi connectivity index (χ2v) is 4.04. The van der Waals surface area contributed by atoms with E-state index in [1.165, 1.54) is 7.11 Å². The van der Waals surface area contributed by atoms with Crippen molar-refractivity contribution in [2.45, 2.75) is 0 Å². The number of methoxy groups -OCH3 is 1. The van der Waals surface area contributed by atoms with Crippen LogP contribution in [0.4, 0.5) is 0 Å². The minimum atomic E-state index is -0.0886. The molecule has 1 aromatic carbocycles. The first kappa shape index (κ1) is 12.5. The van der Waals surface area contributed by atoms with Crippen molar-refractivity contribution in [2.24, 2.45) is 7.05 Å². The summed E-state index contributed by atoms with van der Waals surface area (Å²) in [7, 11) is 3.43. The van der Waals surface area contributed by atoms with Crippen LogP contribution in [0, 0.1) is 0 Å². The molecule has 0 saturated heterocycles. The van der Waals surface area contributed by atoms with Crippen molar-refractivity contribution in [1.29, 1.82) is 0 Å². The van der Waals surface area contributed by atoms with Gasteiger partial charge < -0.3 is 14.3 Å². The van der Waals surface area contributed by atoms with Gasteiger partial charge in [-0.1, -0.05) is 0 Å². The molecule has 5 heteroatoms. The first-order valence-corrected chi connectivity index (χ1v) is 5.36. The molecule has 18 heavy (non-hydrogen) atoms. The molecule has 0 aliphatic rings. The third-order valence-corrected chi connectivity index (χ3v) is 3.04. The Morgan fingerprint density at radius 1 is 1.33 bits per heavy atom. The van der Waals surface area contributed by atoms with Gasteiger partial charge in [-0.05, 0) is 23.6 Å². The Morgan fingerprint density at radius 2 is 2.11 bits per heavy atom. The molecule has 94 valence electrons. The molecule has 0 aliphatic heterocycles. The number of rotatable bonds is 1. The van der Waals surface area contributed by atoms with E-state index in [-0.39, 0.29) is 17.8 Å². The lowest BCUT2D eigenvalue weighted by Gasteiger charge is -2.12. The normalized spacial score (nSPS) is 10.6. The zero-order valence-electron chi connectivity index (χ0n) is 10.1. The fraction of sp³-hybridized carbons (Fsp3) is 0.154. The number of aromatic nitrogens is 2. The SMILES string of the molecule is COc1c(=O)cc2cc[nH]c3ccn(C)c1c23.Cl. The maximum atomic E-state index is 11.9. The average molecular weight is 265 g/mol. The van der Waals surface area contributed by atoms with Gasteiger partial charge >= 0.3 is 0 Å². The summed E-state index contributed by atoms with van der Waals surface area (Å²) in [6, 6.07) is 5.50. The summed E-state index contributed by atoms with van der Waals surface area (Å²) in [6.45, 7) is 0. The van der Waals surface area contributed by atoms with Crippen LogP contribution >= 0.6 is 12.4 Å². The van der Waals surface area contributed by atoms with Crippen LogP contribution in [-0.2, 0) is 7.05 Å². The number of nitrogens with one attached hydrogen (secondary N) is 1. The van der Waals surface area contributed by atoms with E-state index in [0.717, 1.165) is 21.8 Å². The molecule has 2 heterocycles. The lowest BCUT2D eigenvalue weighted by atomic mass is 10.1. The number of nitrogens with zero attached hydrogens (tertiary/aromatic N) is 1. The highest BCUT2D eigenvalue weighted by Crippen LogP contribution is 2.28. The summed E-state index contributed by atoms with van der Waals surface area (Å²) >= 11 is 0. The van der Waals surface area contributed by atoms with Gasteiger partial charge in [0.1, 0.15) is 0 Å². The highest BCUT2D eigenvalue weighted by molar-refractivity contribution is 6.09. The predicted octanol–water partition coefficient (Wildman–Crippen LogP) is 2.45. The third kappa shape index (κ3) is 1.57. The van der Waals surface area contributed by atoms with Crippen LogP contribution in [0.2, 0.25) is 0 Å². The van der Waals surface area contributed by atoms with Crippen LogP contribution in [0.3, 0.4) is 0 Å². The molecule has 4 nitrogen and oxygen atoms in total. The molecule has 1 N–H and O–H groups in total. The van der Waals surface area contributed by atoms with E-state index in [0.29, 0.717) is 5.75 Å². The topological polar surface area (TPSA) is 47.0 Å². The van der Waals surface area contributed by atoms with Gasteiger partial charge in [-0.2, -0.15) is 0 Å². The molecule has 0 unspecified atom stereocenters. The van der Waals surface area contributed by atoms with E-state index in [9.17, 15) is 4.79 Å². The minimum absolute atomic E-state index is 0. The molecule has 0 fully saturated rings. The van der Waals surface area contributed by atoms with Gasteiger partial charge in [-0.25, -0.2) is 0 Å². The van der Waals surface area contributed by atoms with Crippen molar-refractivity contribution in [1.82, 2.24) is 9.55 Å². The number of aryl methyl sites for hydroxylation is 1. The smallest absolute Gasteiger partial charge is 0.223 e. The summed E-state index contributed by atoms with van der Waals surface area (Å²) in [5.74, 6) is 0.394. The van der Waals surface area contributed by atoms with Gasteiger partial charge in [0.05, 0.1) is 12.6 Å². The summed E-state index contributed by atoms with van der Waals surface area (Å²) in [5, 5.41) is 1.95. The Labute approximate surface area is 110 Å². The van der Waals surface area contributed by atoms with Crippen LogP contribution in [-0.4, -0.2) is 16.7 Å². The van der Waals surface area contributed by atoms with Crippen LogP contribution < -0.4 is 10.2 Å². The predicted molar refractivity (Wildman–Crippen MR) is 74.8 cm³/mol. The second-order valence-electron chi connectivity index (χ2n) is 4.04. The summed E-state index contributed by atoms with van der Waals surface area (Å²) < 4.78 is 7.14. The Morgan fingerprint density at radius 3 is 2.83 bits per heavy atom. The molecule has 0 atom stereocenters. The number of ether oxygens (including phenoxy) is 1. The molecule has 0 amide bonds. The minimum Gasteiger partial charge on any atom is -0.491 e. The van der Waals surface area contributed by atoms with Gasteiger partial charge in [0.2, 0.25) is 5.43 Å². The zero-order valence-corrected chi connectivity index (χ0v) is 10.9. The number of benzene rings is 1. The van der Waals surface area contributed by atoms with E-state index in [1.54, 1.807) is 6.07 Å². The number of pyridine rings is 2. The largest absolute Gasteiger partial charge is 0.491 e. The molecule has 0 bridgehead atoms. The van der Waals surface area contributed by atoms with E-state index in [2.05, 4.69) is 4.98 Å². The number of aromatic amines is 1. The molecular formula is C13H13ClN2O2. The highest BCUT2D eigenvalue weighted by atomic mass is 35.5. The van der Waals surface area contributed by atoms with Crippen LogP contribution in [0.1, 0.15) is 0 Å². The fourth-order valence-electron chi connectivity index (χ4n) is 2.28. The van der Waals surface area contributed by atoms with E-state index >= 15 is 0 Å². The van der Waals surface area contributed by atoms with Crippen molar-refractivity contribution in [2.75, 3.05) is 7.11 Å². The lowest BCUT2D eigenvalue weighted by molar-refractivity contribution is 0.414. The second kappa shape index (κ2) is 4.38. The van der Waals surface area contributed by atoms with Crippen molar-refractivity contribution in [3.8, 4) is 5.75 Å². The van der Waals surface area contributed by atoms with Crippen LogP contribution in [0.5, 0.6) is 5.75 Å². The lowest BCUT2D eigenvalue weighted by Crippen LogP contribution is -2.08. The molecular weight excluding hydrogens is 252 g/mol. The Balaban J connectivity index is 0.00000120. The van der Waals surface area contributed by atoms with Crippen molar-refractivity contribution >= 4 is 34.2 Å². The molecule has 0 spiro atoms. The number of H-pyrrole nitrogens is 1. The van der Waals surface area contributed by atoms with Gasteiger partial charge in [0.25, 0.3) is 0 Å². The number of hydrogen-bond acceptors (Lipinski definition) is 2.